The molecule has 10 nitrogen and oxygen atoms in total. The van der Waals surface area contributed by atoms with Crippen LogP contribution in [-0.2, 0) is 19.1 Å². The number of carbonyl (C=O) groups excluding carboxylic acids is 2. The molecule has 3 aromatic rings. The number of hydrogen-bond donors (Lipinski definition) is 1. The maximum absolute atomic E-state index is 13.6. The number of halogens is 2. The number of carbonyl (C=O) groups is 3. The maximum atomic E-state index is 13.6. The zero-order valence-electron chi connectivity index (χ0n) is 22.0. The lowest BCUT2D eigenvalue weighted by molar-refractivity contribution is -0.137. The summed E-state index contributed by atoms with van der Waals surface area (Å²) in [4.78, 5) is 51.9. The first-order valence-electron chi connectivity index (χ1n) is 11.5. The third kappa shape index (κ3) is 6.79. The molecule has 0 saturated heterocycles. The van der Waals surface area contributed by atoms with Gasteiger partial charge in [-0.05, 0) is 48.4 Å². The van der Waals surface area contributed by atoms with Crippen LogP contribution in [0.25, 0.3) is 6.08 Å². The lowest BCUT2D eigenvalue weighted by Crippen LogP contribution is -2.39. The highest BCUT2D eigenvalue weighted by molar-refractivity contribution is 7.07. The highest BCUT2D eigenvalue weighted by Gasteiger charge is 2.33. The number of methoxy groups -OCH3 is 2. The van der Waals surface area contributed by atoms with Crippen molar-refractivity contribution in [3.05, 3.63) is 88.5 Å². The molecule has 0 aliphatic carbocycles. The van der Waals surface area contributed by atoms with Gasteiger partial charge in [-0.1, -0.05) is 46.7 Å². The number of rotatable bonds is 5. The Morgan fingerprint density at radius 3 is 2.33 bits per heavy atom. The molecule has 1 N–H and O–H groups in total. The Labute approximate surface area is 242 Å². The molecule has 40 heavy (non-hydrogen) atoms. The molecule has 1 aromatic heterocycles. The Kier molecular flexibility index (Phi) is 9.91. The summed E-state index contributed by atoms with van der Waals surface area (Å²) in [5.74, 6) is -1.50. The number of aliphatic carboxylic acids is 1. The van der Waals surface area contributed by atoms with Crippen molar-refractivity contribution in [1.82, 2.24) is 4.57 Å². The Hall–Kier alpha value is -3.93. The van der Waals surface area contributed by atoms with E-state index >= 15 is 0 Å². The highest BCUT2D eigenvalue weighted by atomic mass is 35.5. The van der Waals surface area contributed by atoms with Gasteiger partial charge in [0.2, 0.25) is 0 Å². The number of thiazole rings is 1. The van der Waals surface area contributed by atoms with Crippen LogP contribution < -0.4 is 24.4 Å². The van der Waals surface area contributed by atoms with Crippen molar-refractivity contribution >= 4 is 58.5 Å². The number of esters is 2. The fraction of sp³-hybridized carbons (Fsp3) is 0.222. The summed E-state index contributed by atoms with van der Waals surface area (Å²) < 4.78 is 17.4. The van der Waals surface area contributed by atoms with Gasteiger partial charge in [0.1, 0.15) is 0 Å². The van der Waals surface area contributed by atoms with Crippen LogP contribution in [0.5, 0.6) is 11.5 Å². The molecule has 210 valence electrons. The van der Waals surface area contributed by atoms with Crippen molar-refractivity contribution in [3.8, 4) is 11.5 Å². The zero-order valence-corrected chi connectivity index (χ0v) is 24.3. The van der Waals surface area contributed by atoms with E-state index in [4.69, 9.17) is 47.3 Å². The van der Waals surface area contributed by atoms with Gasteiger partial charge >= 0.3 is 11.9 Å². The zero-order chi connectivity index (χ0) is 29.7. The first-order valence-corrected chi connectivity index (χ1v) is 13.1. The lowest BCUT2D eigenvalue weighted by atomic mass is 9.95. The van der Waals surface area contributed by atoms with Gasteiger partial charge in [-0.25, -0.2) is 9.79 Å². The van der Waals surface area contributed by atoms with E-state index in [0.717, 1.165) is 18.3 Å². The fourth-order valence-corrected chi connectivity index (χ4v) is 5.36. The first-order chi connectivity index (χ1) is 18.9. The summed E-state index contributed by atoms with van der Waals surface area (Å²) in [6.07, 6.45) is 1.65. The number of carboxylic acid groups (broad SMARTS) is 1. The van der Waals surface area contributed by atoms with E-state index in [0.29, 0.717) is 36.2 Å². The number of nitrogens with zero attached hydrogens (tertiary/aromatic N) is 2. The van der Waals surface area contributed by atoms with Crippen LogP contribution >= 0.6 is 34.5 Å². The topological polar surface area (TPSA) is 133 Å². The molecule has 0 fully saturated rings. The second kappa shape index (κ2) is 12.9. The largest absolute Gasteiger partial charge is 0.493 e. The van der Waals surface area contributed by atoms with Gasteiger partial charge < -0.3 is 19.3 Å². The van der Waals surface area contributed by atoms with Crippen LogP contribution in [0.15, 0.2) is 57.5 Å². The number of ether oxygens (including phenoxy) is 3. The molecule has 2 aromatic carbocycles. The Morgan fingerprint density at radius 1 is 1.07 bits per heavy atom. The molecule has 0 amide bonds. The summed E-state index contributed by atoms with van der Waals surface area (Å²) in [6.45, 7) is 4.04. The predicted molar refractivity (Wildman–Crippen MR) is 150 cm³/mol. The van der Waals surface area contributed by atoms with Gasteiger partial charge in [-0.15, -0.1) is 0 Å². The Morgan fingerprint density at radius 2 is 1.75 bits per heavy atom. The number of benzene rings is 2. The number of allylic oxidation sites excluding steroid dienone is 1. The molecule has 1 aliphatic heterocycles. The number of carboxylic acids is 1. The smallest absolute Gasteiger partial charge is 0.338 e. The molecule has 1 atom stereocenters. The van der Waals surface area contributed by atoms with Crippen molar-refractivity contribution in [2.45, 2.75) is 26.8 Å². The van der Waals surface area contributed by atoms with Gasteiger partial charge in [0, 0.05) is 23.9 Å². The molecule has 1 unspecified atom stereocenters. The van der Waals surface area contributed by atoms with Crippen LogP contribution in [-0.4, -0.2) is 41.8 Å². The fourth-order valence-electron chi connectivity index (χ4n) is 3.86. The van der Waals surface area contributed by atoms with Gasteiger partial charge in [-0.3, -0.25) is 19.0 Å². The third-order valence-corrected chi connectivity index (χ3v) is 6.98. The van der Waals surface area contributed by atoms with E-state index in [2.05, 4.69) is 4.99 Å². The van der Waals surface area contributed by atoms with E-state index in [-0.39, 0.29) is 22.6 Å². The average Bonchev–Trinajstić information content (AvgIpc) is 3.18. The summed E-state index contributed by atoms with van der Waals surface area (Å²) >= 11 is 13.5. The minimum Gasteiger partial charge on any atom is -0.493 e. The van der Waals surface area contributed by atoms with Crippen molar-refractivity contribution in [3.63, 3.8) is 0 Å². The van der Waals surface area contributed by atoms with Crippen LogP contribution in [0.1, 0.15) is 37.9 Å². The second-order valence-corrected chi connectivity index (χ2v) is 10.1. The van der Waals surface area contributed by atoms with Crippen LogP contribution in [0.3, 0.4) is 0 Å². The van der Waals surface area contributed by atoms with Gasteiger partial charge in [0.25, 0.3) is 11.5 Å². The van der Waals surface area contributed by atoms with Crippen molar-refractivity contribution in [2.75, 3.05) is 14.2 Å². The minimum absolute atomic E-state index is 0.197. The van der Waals surface area contributed by atoms with E-state index in [1.165, 1.54) is 25.7 Å². The number of aromatic nitrogens is 1. The maximum Gasteiger partial charge on any atom is 0.338 e. The van der Waals surface area contributed by atoms with E-state index < -0.39 is 23.9 Å². The number of fused-ring (bicyclic) bond motifs is 1. The summed E-state index contributed by atoms with van der Waals surface area (Å²) in [7, 11) is 2.69. The van der Waals surface area contributed by atoms with E-state index in [1.807, 2.05) is 0 Å². The van der Waals surface area contributed by atoms with Crippen molar-refractivity contribution in [2.24, 2.45) is 4.99 Å². The molecular weight excluding hydrogens is 583 g/mol. The summed E-state index contributed by atoms with van der Waals surface area (Å²) in [6, 6.07) is 8.92. The highest BCUT2D eigenvalue weighted by Crippen LogP contribution is 2.36. The van der Waals surface area contributed by atoms with Crippen molar-refractivity contribution < 1.29 is 33.7 Å². The van der Waals surface area contributed by atoms with Crippen LogP contribution in [0.4, 0.5) is 0 Å². The minimum atomic E-state index is -0.864. The second-order valence-electron chi connectivity index (χ2n) is 8.26. The third-order valence-electron chi connectivity index (χ3n) is 5.43. The van der Waals surface area contributed by atoms with Crippen LogP contribution in [0, 0.1) is 0 Å². The van der Waals surface area contributed by atoms with Crippen LogP contribution in [0.2, 0.25) is 10.0 Å². The van der Waals surface area contributed by atoms with Gasteiger partial charge in [0.15, 0.2) is 16.3 Å². The molecule has 0 saturated carbocycles. The average molecular weight is 607 g/mol. The molecule has 0 spiro atoms. The van der Waals surface area contributed by atoms with Crippen molar-refractivity contribution in [1.29, 1.82) is 0 Å². The predicted octanol–water partition coefficient (Wildman–Crippen LogP) is 3.74. The summed E-state index contributed by atoms with van der Waals surface area (Å²) in [5.41, 5.74) is 1.39. The molecule has 13 heteroatoms. The number of hydrogen-bond acceptors (Lipinski definition) is 9. The molecular formula is C27H24Cl2N2O8S. The van der Waals surface area contributed by atoms with E-state index in [9.17, 15) is 14.4 Å². The molecule has 0 bridgehead atoms. The Balaban J connectivity index is 0.00000103. The van der Waals surface area contributed by atoms with Gasteiger partial charge in [-0.2, -0.15) is 0 Å². The molecule has 4 rings (SSSR count). The quantitative estimate of drug-likeness (QED) is 0.343. The SMILES string of the molecule is CC(=O)O.COC(=O)C1=C(C)N=c2s/c(=C/c3ccc(Cl)cc3Cl)c(=O)n2C1c1ccc(OC(C)=O)c(OC)c1. The monoisotopic (exact) mass is 606 g/mol. The molecule has 0 radical (unpaired) electrons. The van der Waals surface area contributed by atoms with E-state index in [1.54, 1.807) is 49.4 Å². The Bertz CT molecular complexity index is 1700. The lowest BCUT2D eigenvalue weighted by Gasteiger charge is -2.25. The first kappa shape index (κ1) is 30.6. The summed E-state index contributed by atoms with van der Waals surface area (Å²) in [5, 5.41) is 8.28. The normalized spacial score (nSPS) is 14.4. The standard InChI is InChI=1S/C25H20Cl2N2O6S.C2H4O2/c1-12-21(24(32)34-4)22(15-6-8-18(35-13(2)30)19(9-15)33-3)29-23(31)20(36-25(29)28-12)10-14-5-7-16(26)11-17(14)27;1-2(3)4/h5-11,22H,1-4H3;1H3,(H,3,4)/b20-10+;. The molecule has 2 heterocycles. The molecule has 1 aliphatic rings. The van der Waals surface area contributed by atoms with Gasteiger partial charge in [0.05, 0.1) is 36.1 Å².